The Labute approximate surface area is 339 Å². The van der Waals surface area contributed by atoms with Crippen LogP contribution >= 0.6 is 57.4 Å². The van der Waals surface area contributed by atoms with Crippen molar-refractivity contribution in [2.75, 3.05) is 24.5 Å². The molecule has 10 nitrogen and oxygen atoms in total. The van der Waals surface area contributed by atoms with Crippen LogP contribution in [-0.2, 0) is 24.6 Å². The molecule has 6 atom stereocenters. The Balaban J connectivity index is 1.35. The Morgan fingerprint density at radius 2 is 1.54 bits per heavy atom. The quantitative estimate of drug-likeness (QED) is 0.108. The van der Waals surface area contributed by atoms with Gasteiger partial charge in [-0.25, -0.2) is 0 Å². The van der Waals surface area contributed by atoms with Crippen LogP contribution in [0.4, 0.5) is 11.4 Å². The van der Waals surface area contributed by atoms with Gasteiger partial charge in [-0.3, -0.25) is 29.5 Å². The smallest absolute Gasteiger partial charge is 0.260 e. The van der Waals surface area contributed by atoms with Crippen molar-refractivity contribution in [1.82, 2.24) is 5.01 Å². The molecule has 0 spiro atoms. The molecule has 2 saturated heterocycles. The molecular formula is C40H31Cl3IN3O7. The van der Waals surface area contributed by atoms with Crippen LogP contribution < -0.4 is 19.8 Å². The number of ether oxygens (including phenoxy) is 2. The van der Waals surface area contributed by atoms with Gasteiger partial charge in [0.25, 0.3) is 11.8 Å². The van der Waals surface area contributed by atoms with Crippen molar-refractivity contribution in [2.24, 2.45) is 23.7 Å². The van der Waals surface area contributed by atoms with Crippen LogP contribution in [0.2, 0.25) is 15.1 Å². The van der Waals surface area contributed by atoms with E-state index in [1.807, 2.05) is 28.7 Å². The highest BCUT2D eigenvalue weighted by Gasteiger charge is 2.70. The van der Waals surface area contributed by atoms with Gasteiger partial charge in [0, 0.05) is 16.0 Å². The van der Waals surface area contributed by atoms with E-state index in [1.54, 1.807) is 72.8 Å². The molecule has 8 rings (SSSR count). The molecule has 3 fully saturated rings. The van der Waals surface area contributed by atoms with E-state index >= 15 is 4.79 Å². The molecular weight excluding hydrogens is 868 g/mol. The number of anilines is 2. The topological polar surface area (TPSA) is 125 Å². The molecule has 0 bridgehead atoms. The van der Waals surface area contributed by atoms with Crippen molar-refractivity contribution in [3.63, 3.8) is 0 Å². The number of fused-ring (bicyclic) bond motifs is 4. The minimum atomic E-state index is -1.57. The zero-order valence-electron chi connectivity index (χ0n) is 28.7. The number of nitrogens with one attached hydrogen (secondary N) is 1. The molecule has 2 heterocycles. The summed E-state index contributed by atoms with van der Waals surface area (Å²) in [4.78, 5) is 60.3. The zero-order chi connectivity index (χ0) is 38.2. The number of hydrogen-bond donors (Lipinski definition) is 2. The molecule has 0 radical (unpaired) electrons. The zero-order valence-corrected chi connectivity index (χ0v) is 33.1. The number of allylic oxidation sites excluding steroid dienone is 2. The normalized spacial score (nSPS) is 26.0. The number of benzene rings is 4. The molecule has 4 aromatic rings. The molecule has 4 aliphatic rings. The van der Waals surface area contributed by atoms with Gasteiger partial charge < -0.3 is 14.6 Å². The van der Waals surface area contributed by atoms with Gasteiger partial charge in [-0.2, -0.15) is 5.01 Å². The van der Waals surface area contributed by atoms with E-state index in [1.165, 1.54) is 25.2 Å². The molecule has 4 aromatic carbocycles. The standard InChI is InChI=1S/C40H31Cl3IN3O7/c1-53-24-10-3-20(4-11-24)40-28(37(50)47(39(40)52)45-31-14-7-22(42)17-29(31)43)18-27-25(34(40)19-15-30(44)35(48)32(16-19)54-2)12-13-26-33(27)38(51)46(36(26)49)23-8-5-21(41)6-9-23/h3-12,14-17,26-28,33-34,45,48H,13,18H2,1-2H3. The highest BCUT2D eigenvalue weighted by Crippen LogP contribution is 2.64. The van der Waals surface area contributed by atoms with Crippen LogP contribution in [0.25, 0.3) is 0 Å². The lowest BCUT2D eigenvalue weighted by Crippen LogP contribution is -2.53. The number of phenolic OH excluding ortho intramolecular Hbond substituents is 1. The molecule has 276 valence electrons. The average Bonchev–Trinajstić information content (AvgIpc) is 3.54. The van der Waals surface area contributed by atoms with Gasteiger partial charge in [-0.1, -0.05) is 58.6 Å². The first kappa shape index (κ1) is 36.7. The van der Waals surface area contributed by atoms with Crippen molar-refractivity contribution in [2.45, 2.75) is 24.2 Å². The van der Waals surface area contributed by atoms with E-state index in [-0.39, 0.29) is 46.9 Å². The number of amides is 4. The van der Waals surface area contributed by atoms with Crippen LogP contribution in [0.15, 0.2) is 90.5 Å². The van der Waals surface area contributed by atoms with Crippen LogP contribution in [-0.4, -0.2) is 48.0 Å². The fraction of sp³-hybridized carbons (Fsp3) is 0.250. The first-order valence-electron chi connectivity index (χ1n) is 17.0. The average molecular weight is 899 g/mol. The molecule has 0 aromatic heterocycles. The van der Waals surface area contributed by atoms with Gasteiger partial charge in [0.2, 0.25) is 11.8 Å². The fourth-order valence-corrected chi connectivity index (χ4v) is 10.2. The number of nitrogens with zero attached hydrogens (tertiary/aromatic N) is 2. The lowest BCUT2D eigenvalue weighted by atomic mass is 9.49. The van der Waals surface area contributed by atoms with Gasteiger partial charge >= 0.3 is 0 Å². The SMILES string of the molecule is COc1ccc(C23C(=O)N(Nc4ccc(Cl)cc4Cl)C(=O)C2CC2C(=CCC4C(=O)N(c5ccc(Cl)cc5)C(=O)C42)C3c2cc(I)c(O)c(OC)c2)cc1. The predicted molar refractivity (Wildman–Crippen MR) is 212 cm³/mol. The van der Waals surface area contributed by atoms with Crippen LogP contribution in [0.5, 0.6) is 17.2 Å². The Bertz CT molecular complexity index is 2290. The number of aromatic hydroxyl groups is 1. The first-order valence-corrected chi connectivity index (χ1v) is 19.3. The third-order valence-electron chi connectivity index (χ3n) is 11.3. The number of hydrogen-bond acceptors (Lipinski definition) is 8. The van der Waals surface area contributed by atoms with E-state index in [2.05, 4.69) is 5.43 Å². The number of phenols is 1. The second-order valence-corrected chi connectivity index (χ2v) is 16.2. The fourth-order valence-electron chi connectivity index (χ4n) is 8.98. The summed E-state index contributed by atoms with van der Waals surface area (Å²) in [5.74, 6) is -5.10. The molecule has 4 amide bonds. The van der Waals surface area contributed by atoms with Crippen molar-refractivity contribution in [1.29, 1.82) is 0 Å². The largest absolute Gasteiger partial charge is 0.504 e. The summed E-state index contributed by atoms with van der Waals surface area (Å²) >= 11 is 20.9. The van der Waals surface area contributed by atoms with E-state index in [4.69, 9.17) is 44.3 Å². The highest BCUT2D eigenvalue weighted by molar-refractivity contribution is 14.1. The Morgan fingerprint density at radius 1 is 0.833 bits per heavy atom. The summed E-state index contributed by atoms with van der Waals surface area (Å²) in [7, 11) is 2.97. The lowest BCUT2D eigenvalue weighted by Gasteiger charge is -2.50. The molecule has 6 unspecified atom stereocenters. The van der Waals surface area contributed by atoms with Gasteiger partial charge in [0.1, 0.15) is 5.75 Å². The molecule has 2 aliphatic carbocycles. The Kier molecular flexibility index (Phi) is 9.35. The molecule has 2 N–H and O–H groups in total. The summed E-state index contributed by atoms with van der Waals surface area (Å²) in [5.41, 5.74) is 4.00. The predicted octanol–water partition coefficient (Wildman–Crippen LogP) is 8.16. The number of carbonyl (C=O) groups excluding carboxylic acids is 4. The number of halogens is 4. The third-order valence-corrected chi connectivity index (χ3v) is 12.9. The number of hydrazine groups is 1. The maximum absolute atomic E-state index is 15.5. The maximum atomic E-state index is 15.5. The van der Waals surface area contributed by atoms with Gasteiger partial charge in [-0.05, 0) is 119 Å². The first-order chi connectivity index (χ1) is 25.9. The number of imide groups is 2. The summed E-state index contributed by atoms with van der Waals surface area (Å²) in [6, 6.07) is 21.7. The number of carbonyl (C=O) groups is 4. The van der Waals surface area contributed by atoms with Gasteiger partial charge in [0.05, 0.1) is 57.4 Å². The minimum absolute atomic E-state index is 0.0772. The molecule has 14 heteroatoms. The van der Waals surface area contributed by atoms with E-state index in [9.17, 15) is 19.5 Å². The van der Waals surface area contributed by atoms with Crippen molar-refractivity contribution in [3.8, 4) is 17.2 Å². The highest BCUT2D eigenvalue weighted by atomic mass is 127. The van der Waals surface area contributed by atoms with Crippen molar-refractivity contribution in [3.05, 3.63) is 120 Å². The third kappa shape index (κ3) is 5.49. The summed E-state index contributed by atoms with van der Waals surface area (Å²) in [5, 5.41) is 13.0. The molecule has 1 saturated carbocycles. The molecule has 2 aliphatic heterocycles. The lowest BCUT2D eigenvalue weighted by molar-refractivity contribution is -0.138. The number of methoxy groups -OCH3 is 2. The van der Waals surface area contributed by atoms with E-state index < -0.39 is 46.8 Å². The summed E-state index contributed by atoms with van der Waals surface area (Å²) in [6.45, 7) is 0. The Hall–Kier alpha value is -4.30. The number of rotatable bonds is 7. The maximum Gasteiger partial charge on any atom is 0.260 e. The van der Waals surface area contributed by atoms with Crippen molar-refractivity contribution >= 4 is 92.4 Å². The summed E-state index contributed by atoms with van der Waals surface area (Å²) < 4.78 is 11.5. The Morgan fingerprint density at radius 3 is 2.20 bits per heavy atom. The van der Waals surface area contributed by atoms with Gasteiger partial charge in [0.15, 0.2) is 11.5 Å². The molecule has 54 heavy (non-hydrogen) atoms. The summed E-state index contributed by atoms with van der Waals surface area (Å²) in [6.07, 6.45) is 2.29. The van der Waals surface area contributed by atoms with Crippen LogP contribution in [0.1, 0.15) is 29.9 Å². The van der Waals surface area contributed by atoms with Crippen molar-refractivity contribution < 1.29 is 33.8 Å². The minimum Gasteiger partial charge on any atom is -0.504 e. The van der Waals surface area contributed by atoms with E-state index in [0.717, 1.165) is 10.6 Å². The monoisotopic (exact) mass is 897 g/mol. The van der Waals surface area contributed by atoms with E-state index in [0.29, 0.717) is 36.2 Å². The second-order valence-electron chi connectivity index (χ2n) is 13.8. The second kappa shape index (κ2) is 13.8. The van der Waals surface area contributed by atoms with Crippen LogP contribution in [0.3, 0.4) is 0 Å². The van der Waals surface area contributed by atoms with Crippen LogP contribution in [0, 0.1) is 27.2 Å². The van der Waals surface area contributed by atoms with Gasteiger partial charge in [-0.15, -0.1) is 0 Å².